The van der Waals surface area contributed by atoms with Gasteiger partial charge in [-0.2, -0.15) is 0 Å². The maximum Gasteiger partial charge on any atom is 0.231 e. The lowest BCUT2D eigenvalue weighted by atomic mass is 9.96. The summed E-state index contributed by atoms with van der Waals surface area (Å²) in [6.07, 6.45) is 2.09. The van der Waals surface area contributed by atoms with Crippen molar-refractivity contribution in [2.75, 3.05) is 31.1 Å². The highest BCUT2D eigenvalue weighted by Crippen LogP contribution is 2.19. The van der Waals surface area contributed by atoms with Gasteiger partial charge in [-0.1, -0.05) is 78.9 Å². The number of para-hydroxylation sites is 1. The van der Waals surface area contributed by atoms with Gasteiger partial charge in [0.15, 0.2) is 0 Å². The van der Waals surface area contributed by atoms with Crippen molar-refractivity contribution < 1.29 is 9.59 Å². The third kappa shape index (κ3) is 6.78. The molecule has 0 spiro atoms. The van der Waals surface area contributed by atoms with Crippen LogP contribution in [0.5, 0.6) is 0 Å². The Balaban J connectivity index is 1.27. The largest absolute Gasteiger partial charge is 0.352 e. The fraction of sp³-hybridized carbons (Fsp3) is 0.310. The molecule has 0 saturated carbocycles. The number of likely N-dealkylation sites (tertiary alicyclic amines) is 1. The van der Waals surface area contributed by atoms with Crippen LogP contribution in [-0.2, 0) is 22.6 Å². The highest BCUT2D eigenvalue weighted by atomic mass is 16.2. The molecule has 34 heavy (non-hydrogen) atoms. The molecule has 1 fully saturated rings. The molecule has 0 atom stereocenters. The molecular formula is C29H33N3O2. The number of carbonyl (C=O) groups is 2. The zero-order valence-corrected chi connectivity index (χ0v) is 19.6. The number of hydrogen-bond donors (Lipinski definition) is 1. The van der Waals surface area contributed by atoms with Crippen molar-refractivity contribution in [3.05, 3.63) is 102 Å². The van der Waals surface area contributed by atoms with Crippen LogP contribution in [0.25, 0.3) is 0 Å². The molecule has 0 aromatic heterocycles. The molecule has 0 unspecified atom stereocenters. The Morgan fingerprint density at radius 3 is 1.97 bits per heavy atom. The van der Waals surface area contributed by atoms with Crippen LogP contribution in [0, 0.1) is 5.92 Å². The summed E-state index contributed by atoms with van der Waals surface area (Å²) in [7, 11) is 0. The molecule has 5 heteroatoms. The first-order chi connectivity index (χ1) is 16.7. The molecule has 3 aromatic rings. The van der Waals surface area contributed by atoms with Gasteiger partial charge in [-0.25, -0.2) is 0 Å². The van der Waals surface area contributed by atoms with E-state index in [0.717, 1.165) is 49.3 Å². The molecule has 0 bridgehead atoms. The molecule has 1 aliphatic rings. The van der Waals surface area contributed by atoms with Crippen molar-refractivity contribution in [1.29, 1.82) is 0 Å². The summed E-state index contributed by atoms with van der Waals surface area (Å²) >= 11 is 0. The van der Waals surface area contributed by atoms with Crippen molar-refractivity contribution in [3.63, 3.8) is 0 Å². The molecule has 1 heterocycles. The standard InChI is InChI=1S/C29H33N3O2/c33-28(22-24-10-4-1-5-11-24)32(27-14-8-3-9-15-27)21-20-31-18-16-26(17-19-31)29(34)30-23-25-12-6-2-7-13-25/h1-15,26H,16-23H2,(H,30,34). The lowest BCUT2D eigenvalue weighted by Crippen LogP contribution is -2.44. The summed E-state index contributed by atoms with van der Waals surface area (Å²) in [5.74, 6) is 0.310. The number of carbonyl (C=O) groups excluding carboxylic acids is 2. The normalized spacial score (nSPS) is 14.5. The molecule has 3 aromatic carbocycles. The summed E-state index contributed by atoms with van der Waals surface area (Å²) in [6.45, 7) is 3.77. The maximum atomic E-state index is 13.2. The zero-order valence-electron chi connectivity index (χ0n) is 19.6. The van der Waals surface area contributed by atoms with Gasteiger partial charge in [0.1, 0.15) is 0 Å². The van der Waals surface area contributed by atoms with Crippen molar-refractivity contribution >= 4 is 17.5 Å². The van der Waals surface area contributed by atoms with Gasteiger partial charge in [0.2, 0.25) is 11.8 Å². The second-order valence-corrected chi connectivity index (χ2v) is 8.86. The number of nitrogens with zero attached hydrogens (tertiary/aromatic N) is 2. The molecule has 5 nitrogen and oxygen atoms in total. The van der Waals surface area contributed by atoms with Crippen molar-refractivity contribution in [2.45, 2.75) is 25.8 Å². The summed E-state index contributed by atoms with van der Waals surface area (Å²) in [5.41, 5.74) is 3.07. The number of anilines is 1. The van der Waals surface area contributed by atoms with Crippen molar-refractivity contribution in [2.24, 2.45) is 5.92 Å². The summed E-state index contributed by atoms with van der Waals surface area (Å²) in [5, 5.41) is 3.08. The van der Waals surface area contributed by atoms with Crippen molar-refractivity contribution in [3.8, 4) is 0 Å². The fourth-order valence-corrected chi connectivity index (χ4v) is 4.46. The van der Waals surface area contributed by atoms with Crippen molar-refractivity contribution in [1.82, 2.24) is 10.2 Å². The molecule has 1 saturated heterocycles. The predicted octanol–water partition coefficient (Wildman–Crippen LogP) is 4.29. The van der Waals surface area contributed by atoms with Gasteiger partial charge in [-0.05, 0) is 49.2 Å². The lowest BCUT2D eigenvalue weighted by molar-refractivity contribution is -0.126. The Kier molecular flexibility index (Phi) is 8.47. The average molecular weight is 456 g/mol. The topological polar surface area (TPSA) is 52.7 Å². The van der Waals surface area contributed by atoms with Gasteiger partial charge in [-0.3, -0.25) is 9.59 Å². The third-order valence-corrected chi connectivity index (χ3v) is 6.47. The Hall–Kier alpha value is -3.44. The van der Waals surface area contributed by atoms with E-state index in [1.807, 2.05) is 95.9 Å². The monoisotopic (exact) mass is 455 g/mol. The Morgan fingerprint density at radius 2 is 1.35 bits per heavy atom. The van der Waals surface area contributed by atoms with Gasteiger partial charge in [0, 0.05) is 31.2 Å². The molecule has 176 valence electrons. The van der Waals surface area contributed by atoms with Gasteiger partial charge >= 0.3 is 0 Å². The van der Waals surface area contributed by atoms with E-state index < -0.39 is 0 Å². The van der Waals surface area contributed by atoms with Gasteiger partial charge < -0.3 is 15.1 Å². The molecule has 4 rings (SSSR count). The molecule has 1 aliphatic heterocycles. The summed E-state index contributed by atoms with van der Waals surface area (Å²) < 4.78 is 0. The minimum absolute atomic E-state index is 0.0601. The maximum absolute atomic E-state index is 13.2. The number of benzene rings is 3. The second kappa shape index (κ2) is 12.1. The first-order valence-corrected chi connectivity index (χ1v) is 12.1. The van der Waals surface area contributed by atoms with E-state index in [1.54, 1.807) is 0 Å². The SMILES string of the molecule is O=C(NCc1ccccc1)C1CCN(CCN(C(=O)Cc2ccccc2)c2ccccc2)CC1. The van der Waals surface area contributed by atoms with Crippen LogP contribution in [0.2, 0.25) is 0 Å². The lowest BCUT2D eigenvalue weighted by Gasteiger charge is -2.33. The molecule has 0 radical (unpaired) electrons. The van der Waals surface area contributed by atoms with Crippen LogP contribution in [-0.4, -0.2) is 42.9 Å². The van der Waals surface area contributed by atoms with Gasteiger partial charge in [0.25, 0.3) is 0 Å². The highest BCUT2D eigenvalue weighted by molar-refractivity contribution is 5.94. The minimum atomic E-state index is 0.0601. The van der Waals surface area contributed by atoms with E-state index in [0.29, 0.717) is 19.5 Å². The van der Waals surface area contributed by atoms with Crippen LogP contribution in [0.15, 0.2) is 91.0 Å². The first kappa shape index (κ1) is 23.7. The molecular weight excluding hydrogens is 422 g/mol. The van der Waals surface area contributed by atoms with Crippen LogP contribution >= 0.6 is 0 Å². The number of nitrogens with one attached hydrogen (secondary N) is 1. The van der Waals surface area contributed by atoms with E-state index >= 15 is 0 Å². The zero-order chi connectivity index (χ0) is 23.6. The molecule has 0 aliphatic carbocycles. The van der Waals surface area contributed by atoms with Gasteiger partial charge in [0.05, 0.1) is 6.42 Å². The summed E-state index contributed by atoms with van der Waals surface area (Å²) in [6, 6.07) is 29.8. The molecule has 2 amide bonds. The van der Waals surface area contributed by atoms with Crippen LogP contribution < -0.4 is 10.2 Å². The predicted molar refractivity (Wildman–Crippen MR) is 136 cm³/mol. The van der Waals surface area contributed by atoms with Gasteiger partial charge in [-0.15, -0.1) is 0 Å². The van der Waals surface area contributed by atoms with E-state index in [4.69, 9.17) is 0 Å². The van der Waals surface area contributed by atoms with Crippen LogP contribution in [0.3, 0.4) is 0 Å². The Labute approximate surface area is 202 Å². The number of hydrogen-bond acceptors (Lipinski definition) is 3. The number of amides is 2. The fourth-order valence-electron chi connectivity index (χ4n) is 4.46. The summed E-state index contributed by atoms with van der Waals surface area (Å²) in [4.78, 5) is 30.0. The van der Waals surface area contributed by atoms with Crippen LogP contribution in [0.1, 0.15) is 24.0 Å². The van der Waals surface area contributed by atoms with Crippen LogP contribution in [0.4, 0.5) is 5.69 Å². The number of piperidine rings is 1. The number of rotatable bonds is 9. The Bertz CT molecular complexity index is 1030. The average Bonchev–Trinajstić information content (AvgIpc) is 2.89. The highest BCUT2D eigenvalue weighted by Gasteiger charge is 2.25. The minimum Gasteiger partial charge on any atom is -0.352 e. The first-order valence-electron chi connectivity index (χ1n) is 12.1. The van der Waals surface area contributed by atoms with E-state index in [9.17, 15) is 9.59 Å². The smallest absolute Gasteiger partial charge is 0.231 e. The van der Waals surface area contributed by atoms with E-state index in [1.165, 1.54) is 0 Å². The van der Waals surface area contributed by atoms with E-state index in [2.05, 4.69) is 10.2 Å². The van der Waals surface area contributed by atoms with E-state index in [-0.39, 0.29) is 17.7 Å². The molecule has 1 N–H and O–H groups in total. The Morgan fingerprint density at radius 1 is 0.794 bits per heavy atom. The third-order valence-electron chi connectivity index (χ3n) is 6.47. The quantitative estimate of drug-likeness (QED) is 0.524. The second-order valence-electron chi connectivity index (χ2n) is 8.86.